The summed E-state index contributed by atoms with van der Waals surface area (Å²) in [5.74, 6) is 2.49. The normalized spacial score (nSPS) is 31.2. The number of aryl methyl sites for hydroxylation is 1. The molecule has 3 nitrogen and oxygen atoms in total. The number of para-hydroxylation sites is 2. The Balaban J connectivity index is 1.38. The van der Waals surface area contributed by atoms with E-state index in [-0.39, 0.29) is 5.41 Å². The zero-order chi connectivity index (χ0) is 18.9. The molecule has 3 aliphatic carbocycles. The monoisotopic (exact) mass is 370 g/mol. The van der Waals surface area contributed by atoms with Crippen molar-refractivity contribution in [2.24, 2.45) is 17.3 Å². The fraction of sp³-hybridized carbons (Fsp3) is 0.400. The molecule has 0 saturated heterocycles. The summed E-state index contributed by atoms with van der Waals surface area (Å²) in [5, 5.41) is 9.89. The highest BCUT2D eigenvalue weighted by molar-refractivity contribution is 5.80. The molecule has 0 bridgehead atoms. The fourth-order valence-electron chi connectivity index (χ4n) is 6.64. The third-order valence-electron chi connectivity index (χ3n) is 7.96. The second-order valence-corrected chi connectivity index (χ2v) is 9.18. The van der Waals surface area contributed by atoms with E-state index in [4.69, 9.17) is 0 Å². The van der Waals surface area contributed by atoms with Crippen LogP contribution in [0.1, 0.15) is 49.7 Å². The standard InChI is InChI=1S/C25H26N2O/c1-25-13-12-19-18-9-7-17(28)14-16(18)6-8-20(19)21(25)10-11-24(25)27-15-26-22-4-2-3-5-23(22)27/h2-5,7,9,11,14-15,19-21,28H,6,8,10,12-13H2,1H3/t19?,20?,21?,25-/m0/s1. The number of phenolic OH excluding ortho intramolecular Hbond substituents is 1. The van der Waals surface area contributed by atoms with Gasteiger partial charge in [0.05, 0.1) is 11.0 Å². The lowest BCUT2D eigenvalue weighted by molar-refractivity contribution is 0.0856. The van der Waals surface area contributed by atoms with Crippen LogP contribution >= 0.6 is 0 Å². The average Bonchev–Trinajstić information content (AvgIpc) is 3.28. The Morgan fingerprint density at radius 2 is 2.04 bits per heavy atom. The van der Waals surface area contributed by atoms with Crippen molar-refractivity contribution in [1.29, 1.82) is 0 Å². The summed E-state index contributed by atoms with van der Waals surface area (Å²) < 4.78 is 2.35. The van der Waals surface area contributed by atoms with Crippen molar-refractivity contribution < 1.29 is 5.11 Å². The molecule has 1 saturated carbocycles. The summed E-state index contributed by atoms with van der Waals surface area (Å²) in [4.78, 5) is 4.65. The van der Waals surface area contributed by atoms with Gasteiger partial charge in [0.15, 0.2) is 0 Å². The van der Waals surface area contributed by atoms with Gasteiger partial charge >= 0.3 is 0 Å². The van der Waals surface area contributed by atoms with Crippen LogP contribution in [0.2, 0.25) is 0 Å². The highest BCUT2D eigenvalue weighted by Crippen LogP contribution is 2.62. The van der Waals surface area contributed by atoms with Gasteiger partial charge in [0, 0.05) is 11.1 Å². The predicted molar refractivity (Wildman–Crippen MR) is 112 cm³/mol. The number of hydrogen-bond acceptors (Lipinski definition) is 2. The molecule has 3 heteroatoms. The van der Waals surface area contributed by atoms with E-state index in [1.807, 2.05) is 18.5 Å². The van der Waals surface area contributed by atoms with Crippen molar-refractivity contribution in [1.82, 2.24) is 9.55 Å². The van der Waals surface area contributed by atoms with E-state index >= 15 is 0 Å². The second kappa shape index (κ2) is 5.73. The van der Waals surface area contributed by atoms with Crippen LogP contribution in [0.4, 0.5) is 0 Å². The number of aromatic nitrogens is 2. The molecule has 0 aliphatic heterocycles. The molecule has 1 N–H and O–H groups in total. The number of imidazole rings is 1. The molecular formula is C25H26N2O. The maximum Gasteiger partial charge on any atom is 0.115 e. The van der Waals surface area contributed by atoms with Gasteiger partial charge in [0.1, 0.15) is 12.1 Å². The first-order valence-electron chi connectivity index (χ1n) is 10.6. The van der Waals surface area contributed by atoms with Crippen LogP contribution in [0, 0.1) is 17.3 Å². The van der Waals surface area contributed by atoms with Gasteiger partial charge in [-0.3, -0.25) is 0 Å². The number of phenols is 1. The Kier molecular flexibility index (Phi) is 3.36. The topological polar surface area (TPSA) is 38.0 Å². The van der Waals surface area contributed by atoms with Crippen molar-refractivity contribution >= 4 is 16.7 Å². The fourth-order valence-corrected chi connectivity index (χ4v) is 6.64. The number of hydrogen-bond donors (Lipinski definition) is 1. The first-order valence-corrected chi connectivity index (χ1v) is 10.6. The lowest BCUT2D eigenvalue weighted by Gasteiger charge is -2.50. The number of nitrogens with zero attached hydrogens (tertiary/aromatic N) is 2. The highest BCUT2D eigenvalue weighted by atomic mass is 16.3. The number of fused-ring (bicyclic) bond motifs is 6. The number of allylic oxidation sites excluding steroid dienone is 2. The minimum Gasteiger partial charge on any atom is -0.508 e. The van der Waals surface area contributed by atoms with Crippen molar-refractivity contribution in [3.63, 3.8) is 0 Å². The molecular weight excluding hydrogens is 344 g/mol. The maximum atomic E-state index is 9.89. The minimum atomic E-state index is 0.221. The molecule has 6 rings (SSSR count). The van der Waals surface area contributed by atoms with Gasteiger partial charge in [-0.15, -0.1) is 0 Å². The zero-order valence-corrected chi connectivity index (χ0v) is 16.3. The van der Waals surface area contributed by atoms with E-state index in [0.29, 0.717) is 17.6 Å². The molecule has 142 valence electrons. The molecule has 1 heterocycles. The van der Waals surface area contributed by atoms with Crippen molar-refractivity contribution in [2.45, 2.75) is 44.9 Å². The third kappa shape index (κ3) is 2.13. The Morgan fingerprint density at radius 1 is 1.14 bits per heavy atom. The highest BCUT2D eigenvalue weighted by Gasteiger charge is 2.52. The van der Waals surface area contributed by atoms with Crippen LogP contribution < -0.4 is 0 Å². The Morgan fingerprint density at radius 3 is 2.96 bits per heavy atom. The van der Waals surface area contributed by atoms with Crippen molar-refractivity contribution in [2.75, 3.05) is 0 Å². The molecule has 3 aliphatic rings. The van der Waals surface area contributed by atoms with Crippen LogP contribution in [0.5, 0.6) is 5.75 Å². The van der Waals surface area contributed by atoms with Crippen LogP contribution in [-0.4, -0.2) is 14.7 Å². The molecule has 3 aromatic rings. The van der Waals surface area contributed by atoms with E-state index in [1.165, 1.54) is 48.0 Å². The Bertz CT molecular complexity index is 1110. The Hall–Kier alpha value is -2.55. The average molecular weight is 370 g/mol. The number of rotatable bonds is 1. The Labute approximate surface area is 165 Å². The maximum absolute atomic E-state index is 9.89. The molecule has 4 atom stereocenters. The molecule has 3 unspecified atom stereocenters. The van der Waals surface area contributed by atoms with Gasteiger partial charge in [-0.1, -0.05) is 31.2 Å². The molecule has 28 heavy (non-hydrogen) atoms. The third-order valence-corrected chi connectivity index (χ3v) is 7.96. The van der Waals surface area contributed by atoms with Gasteiger partial charge in [-0.2, -0.15) is 0 Å². The van der Waals surface area contributed by atoms with Crippen molar-refractivity contribution in [3.8, 4) is 5.75 Å². The number of benzene rings is 2. The van der Waals surface area contributed by atoms with E-state index in [2.05, 4.69) is 52.9 Å². The number of aromatic hydroxyl groups is 1. The van der Waals surface area contributed by atoms with Crippen LogP contribution in [-0.2, 0) is 6.42 Å². The molecule has 1 aromatic heterocycles. The summed E-state index contributed by atoms with van der Waals surface area (Å²) in [6, 6.07) is 14.5. The summed E-state index contributed by atoms with van der Waals surface area (Å²) in [5.41, 5.74) is 6.85. The molecule has 0 spiro atoms. The summed E-state index contributed by atoms with van der Waals surface area (Å²) in [7, 11) is 0. The largest absolute Gasteiger partial charge is 0.508 e. The van der Waals surface area contributed by atoms with Crippen LogP contribution in [0.15, 0.2) is 54.9 Å². The van der Waals surface area contributed by atoms with Gasteiger partial charge < -0.3 is 9.67 Å². The molecule has 1 fully saturated rings. The SMILES string of the molecule is C[C@]12CCC3c4ccc(O)cc4CCC3C1CC=C2n1cnc2ccccc21. The second-order valence-electron chi connectivity index (χ2n) is 9.18. The van der Waals surface area contributed by atoms with Gasteiger partial charge in [-0.25, -0.2) is 4.98 Å². The van der Waals surface area contributed by atoms with Crippen LogP contribution in [0.3, 0.4) is 0 Å². The van der Waals surface area contributed by atoms with Crippen molar-refractivity contribution in [3.05, 3.63) is 66.0 Å². The van der Waals surface area contributed by atoms with Crippen LogP contribution in [0.25, 0.3) is 16.7 Å². The first kappa shape index (κ1) is 16.4. The lowest BCUT2D eigenvalue weighted by atomic mass is 9.55. The molecule has 0 amide bonds. The zero-order valence-electron chi connectivity index (χ0n) is 16.3. The molecule has 0 radical (unpaired) electrons. The van der Waals surface area contributed by atoms with E-state index in [1.54, 1.807) is 0 Å². The minimum absolute atomic E-state index is 0.221. The quantitative estimate of drug-likeness (QED) is 0.592. The summed E-state index contributed by atoms with van der Waals surface area (Å²) in [6.07, 6.45) is 10.5. The van der Waals surface area contributed by atoms with Gasteiger partial charge in [0.25, 0.3) is 0 Å². The van der Waals surface area contributed by atoms with Gasteiger partial charge in [0.2, 0.25) is 0 Å². The molecule has 2 aromatic carbocycles. The summed E-state index contributed by atoms with van der Waals surface area (Å²) in [6.45, 7) is 2.49. The smallest absolute Gasteiger partial charge is 0.115 e. The lowest BCUT2D eigenvalue weighted by Crippen LogP contribution is -2.41. The predicted octanol–water partition coefficient (Wildman–Crippen LogP) is 5.75. The van der Waals surface area contributed by atoms with E-state index < -0.39 is 0 Å². The van der Waals surface area contributed by atoms with E-state index in [9.17, 15) is 5.11 Å². The first-order chi connectivity index (χ1) is 13.6. The van der Waals surface area contributed by atoms with E-state index in [0.717, 1.165) is 17.9 Å². The van der Waals surface area contributed by atoms with Gasteiger partial charge in [-0.05, 0) is 85.3 Å². The summed E-state index contributed by atoms with van der Waals surface area (Å²) >= 11 is 0.